The van der Waals surface area contributed by atoms with Crippen LogP contribution in [0.4, 0.5) is 5.69 Å². The summed E-state index contributed by atoms with van der Waals surface area (Å²) in [5, 5.41) is 2.71. The zero-order valence-electron chi connectivity index (χ0n) is 10.0. The van der Waals surface area contributed by atoms with E-state index in [1.807, 2.05) is 19.9 Å². The van der Waals surface area contributed by atoms with Crippen LogP contribution in [0.1, 0.15) is 18.9 Å². The third-order valence-corrected chi connectivity index (χ3v) is 2.68. The fraction of sp³-hybridized carbons (Fsp3) is 0.417. The first-order valence-corrected chi connectivity index (χ1v) is 6.29. The van der Waals surface area contributed by atoms with Gasteiger partial charge in [0.05, 0.1) is 18.7 Å². The molecule has 0 saturated carbocycles. The lowest BCUT2D eigenvalue weighted by molar-refractivity contribution is -0.121. The number of amides is 1. The summed E-state index contributed by atoms with van der Waals surface area (Å²) in [6.07, 6.45) is 0.336. The highest BCUT2D eigenvalue weighted by atomic mass is 79.9. The van der Waals surface area contributed by atoms with Gasteiger partial charge < -0.3 is 15.8 Å². The lowest BCUT2D eigenvalue weighted by atomic mass is 10.2. The number of halogens is 1. The number of ether oxygens (including phenoxy) is 1. The molecular formula is C12H17BrN2O2. The maximum absolute atomic E-state index is 11.2. The SMILES string of the molecule is CCNC(=O)CCOc1c(C)cc(Br)cc1N. The molecule has 0 aliphatic rings. The number of carbonyl (C=O) groups is 1. The Labute approximate surface area is 110 Å². The second-order valence-corrected chi connectivity index (χ2v) is 4.61. The third kappa shape index (κ3) is 4.26. The first kappa shape index (κ1) is 13.8. The summed E-state index contributed by atoms with van der Waals surface area (Å²) in [5.41, 5.74) is 7.37. The lowest BCUT2D eigenvalue weighted by Gasteiger charge is -2.12. The Kier molecular flexibility index (Phi) is 5.28. The lowest BCUT2D eigenvalue weighted by Crippen LogP contribution is -2.24. The number of anilines is 1. The van der Waals surface area contributed by atoms with Crippen LogP contribution in [0.3, 0.4) is 0 Å². The molecule has 0 spiro atoms. The fourth-order valence-electron chi connectivity index (χ4n) is 1.48. The Bertz CT molecular complexity index is 384. The summed E-state index contributed by atoms with van der Waals surface area (Å²) < 4.78 is 6.45. The second kappa shape index (κ2) is 6.49. The number of nitrogen functional groups attached to an aromatic ring is 1. The third-order valence-electron chi connectivity index (χ3n) is 2.22. The van der Waals surface area contributed by atoms with Gasteiger partial charge in [0, 0.05) is 11.0 Å². The van der Waals surface area contributed by atoms with Crippen LogP contribution in [0.2, 0.25) is 0 Å². The molecule has 0 atom stereocenters. The highest BCUT2D eigenvalue weighted by Gasteiger charge is 2.07. The van der Waals surface area contributed by atoms with E-state index in [0.29, 0.717) is 31.0 Å². The van der Waals surface area contributed by atoms with Crippen molar-refractivity contribution in [1.82, 2.24) is 5.32 Å². The highest BCUT2D eigenvalue weighted by Crippen LogP contribution is 2.29. The molecule has 94 valence electrons. The summed E-state index contributed by atoms with van der Waals surface area (Å²) in [5.74, 6) is 0.637. The molecule has 0 unspecified atom stereocenters. The molecule has 0 aliphatic heterocycles. The number of rotatable bonds is 5. The van der Waals surface area contributed by atoms with Gasteiger partial charge in [0.2, 0.25) is 5.91 Å². The van der Waals surface area contributed by atoms with E-state index in [-0.39, 0.29) is 5.91 Å². The molecule has 4 nitrogen and oxygen atoms in total. The predicted molar refractivity (Wildman–Crippen MR) is 72.1 cm³/mol. The van der Waals surface area contributed by atoms with Gasteiger partial charge in [-0.1, -0.05) is 15.9 Å². The van der Waals surface area contributed by atoms with Crippen molar-refractivity contribution in [3.63, 3.8) is 0 Å². The van der Waals surface area contributed by atoms with E-state index < -0.39 is 0 Å². The van der Waals surface area contributed by atoms with E-state index in [9.17, 15) is 4.79 Å². The zero-order chi connectivity index (χ0) is 12.8. The fourth-order valence-corrected chi connectivity index (χ4v) is 2.07. The van der Waals surface area contributed by atoms with Crippen molar-refractivity contribution in [1.29, 1.82) is 0 Å². The first-order chi connectivity index (χ1) is 8.04. The van der Waals surface area contributed by atoms with Crippen molar-refractivity contribution in [2.75, 3.05) is 18.9 Å². The average molecular weight is 301 g/mol. The standard InChI is InChI=1S/C12H17BrN2O2/c1-3-15-11(16)4-5-17-12-8(2)6-9(13)7-10(12)14/h6-7H,3-5,14H2,1-2H3,(H,15,16). The van der Waals surface area contributed by atoms with Gasteiger partial charge >= 0.3 is 0 Å². The molecule has 1 rings (SSSR count). The normalized spacial score (nSPS) is 10.1. The summed E-state index contributed by atoms with van der Waals surface area (Å²) >= 11 is 3.36. The second-order valence-electron chi connectivity index (χ2n) is 3.69. The van der Waals surface area contributed by atoms with Crippen molar-refractivity contribution < 1.29 is 9.53 Å². The maximum Gasteiger partial charge on any atom is 0.223 e. The summed E-state index contributed by atoms with van der Waals surface area (Å²) in [7, 11) is 0. The summed E-state index contributed by atoms with van der Waals surface area (Å²) in [6, 6.07) is 3.71. The molecule has 0 fully saturated rings. The Morgan fingerprint density at radius 2 is 2.24 bits per heavy atom. The van der Waals surface area contributed by atoms with Gasteiger partial charge in [-0.3, -0.25) is 4.79 Å². The zero-order valence-corrected chi connectivity index (χ0v) is 11.6. The van der Waals surface area contributed by atoms with Gasteiger partial charge in [-0.05, 0) is 31.5 Å². The van der Waals surface area contributed by atoms with Crippen LogP contribution < -0.4 is 15.8 Å². The number of hydrogen-bond acceptors (Lipinski definition) is 3. The highest BCUT2D eigenvalue weighted by molar-refractivity contribution is 9.10. The smallest absolute Gasteiger partial charge is 0.223 e. The minimum atomic E-state index is -0.0131. The Morgan fingerprint density at radius 3 is 2.82 bits per heavy atom. The minimum Gasteiger partial charge on any atom is -0.491 e. The average Bonchev–Trinajstić information content (AvgIpc) is 2.22. The largest absolute Gasteiger partial charge is 0.491 e. The van der Waals surface area contributed by atoms with Crippen molar-refractivity contribution >= 4 is 27.5 Å². The molecular weight excluding hydrogens is 284 g/mol. The van der Waals surface area contributed by atoms with E-state index in [0.717, 1.165) is 10.0 Å². The number of benzene rings is 1. The van der Waals surface area contributed by atoms with Crippen molar-refractivity contribution in [2.45, 2.75) is 20.3 Å². The molecule has 17 heavy (non-hydrogen) atoms. The van der Waals surface area contributed by atoms with Crippen molar-refractivity contribution in [3.8, 4) is 5.75 Å². The van der Waals surface area contributed by atoms with E-state index in [1.54, 1.807) is 6.07 Å². The van der Waals surface area contributed by atoms with Crippen LogP contribution >= 0.6 is 15.9 Å². The minimum absolute atomic E-state index is 0.0131. The number of aryl methyl sites for hydroxylation is 1. The topological polar surface area (TPSA) is 64.3 Å². The molecule has 0 bridgehead atoms. The van der Waals surface area contributed by atoms with Gasteiger partial charge in [-0.15, -0.1) is 0 Å². The molecule has 0 heterocycles. The molecule has 1 amide bonds. The molecule has 5 heteroatoms. The molecule has 0 aromatic heterocycles. The Balaban J connectivity index is 2.55. The van der Waals surface area contributed by atoms with Gasteiger partial charge in [0.15, 0.2) is 0 Å². The van der Waals surface area contributed by atoms with E-state index >= 15 is 0 Å². The van der Waals surface area contributed by atoms with Gasteiger partial charge in [-0.25, -0.2) is 0 Å². The Morgan fingerprint density at radius 1 is 1.53 bits per heavy atom. The van der Waals surface area contributed by atoms with Crippen LogP contribution in [-0.2, 0) is 4.79 Å². The van der Waals surface area contributed by atoms with Crippen LogP contribution in [0.15, 0.2) is 16.6 Å². The van der Waals surface area contributed by atoms with E-state index in [1.165, 1.54) is 0 Å². The van der Waals surface area contributed by atoms with Crippen LogP contribution in [-0.4, -0.2) is 19.1 Å². The van der Waals surface area contributed by atoms with Crippen LogP contribution in [0.25, 0.3) is 0 Å². The quantitative estimate of drug-likeness (QED) is 0.820. The van der Waals surface area contributed by atoms with Crippen molar-refractivity contribution in [2.24, 2.45) is 0 Å². The number of hydrogen-bond donors (Lipinski definition) is 2. The monoisotopic (exact) mass is 300 g/mol. The van der Waals surface area contributed by atoms with Crippen LogP contribution in [0.5, 0.6) is 5.75 Å². The van der Waals surface area contributed by atoms with E-state index in [4.69, 9.17) is 10.5 Å². The van der Waals surface area contributed by atoms with Gasteiger partial charge in [0.25, 0.3) is 0 Å². The maximum atomic E-state index is 11.2. The first-order valence-electron chi connectivity index (χ1n) is 5.49. The summed E-state index contributed by atoms with van der Waals surface area (Å²) in [6.45, 7) is 4.77. The molecule has 0 aliphatic carbocycles. The molecule has 1 aromatic rings. The molecule has 3 N–H and O–H groups in total. The van der Waals surface area contributed by atoms with Crippen LogP contribution in [0, 0.1) is 6.92 Å². The van der Waals surface area contributed by atoms with E-state index in [2.05, 4.69) is 21.2 Å². The van der Waals surface area contributed by atoms with Crippen molar-refractivity contribution in [3.05, 3.63) is 22.2 Å². The molecule has 0 radical (unpaired) electrons. The Hall–Kier alpha value is -1.23. The van der Waals surface area contributed by atoms with Gasteiger partial charge in [0.1, 0.15) is 5.75 Å². The van der Waals surface area contributed by atoms with Gasteiger partial charge in [-0.2, -0.15) is 0 Å². The molecule has 1 aromatic carbocycles. The summed E-state index contributed by atoms with van der Waals surface area (Å²) in [4.78, 5) is 11.2. The number of carbonyl (C=O) groups excluding carboxylic acids is 1. The number of nitrogens with two attached hydrogens (primary N) is 1. The molecule has 0 saturated heterocycles. The number of nitrogens with one attached hydrogen (secondary N) is 1. The predicted octanol–water partition coefficient (Wildman–Crippen LogP) is 2.24.